The van der Waals surface area contributed by atoms with Crippen molar-refractivity contribution in [3.63, 3.8) is 0 Å². The van der Waals surface area contributed by atoms with Crippen molar-refractivity contribution in [1.82, 2.24) is 15.0 Å². The van der Waals surface area contributed by atoms with E-state index >= 15 is 0 Å². The number of hydrogen-bond donors (Lipinski definition) is 0. The van der Waals surface area contributed by atoms with E-state index < -0.39 is 10.7 Å². The van der Waals surface area contributed by atoms with Crippen LogP contribution in [0.15, 0.2) is 18.6 Å². The van der Waals surface area contributed by atoms with Crippen LogP contribution in [0, 0.1) is 10.1 Å². The Bertz CT molecular complexity index is 450. The molecule has 92 valence electrons. The van der Waals surface area contributed by atoms with Crippen molar-refractivity contribution in [2.75, 3.05) is 7.05 Å². The van der Waals surface area contributed by atoms with Crippen molar-refractivity contribution >= 4 is 29.3 Å². The number of nitrogens with zero attached hydrogens (tertiary/aromatic N) is 4. The van der Waals surface area contributed by atoms with Crippen molar-refractivity contribution in [1.29, 1.82) is 0 Å². The first kappa shape index (κ1) is 13.4. The molecule has 0 atom stereocenters. The lowest BCUT2D eigenvalue weighted by atomic mass is 10.5. The third-order valence-corrected chi connectivity index (χ3v) is 3.03. The van der Waals surface area contributed by atoms with Crippen molar-refractivity contribution < 1.29 is 9.72 Å². The maximum absolute atomic E-state index is 10.9. The van der Waals surface area contributed by atoms with Gasteiger partial charge in [0.1, 0.15) is 7.05 Å². The lowest BCUT2D eigenvalue weighted by Gasteiger charge is -2.22. The van der Waals surface area contributed by atoms with Crippen LogP contribution in [0.4, 0.5) is 0 Å². The Kier molecular flexibility index (Phi) is 4.41. The van der Waals surface area contributed by atoms with Crippen LogP contribution in [0.5, 0.6) is 0 Å². The van der Waals surface area contributed by atoms with E-state index in [0.29, 0.717) is 15.8 Å². The Morgan fingerprint density at radius 2 is 2.47 bits per heavy atom. The van der Waals surface area contributed by atoms with Crippen molar-refractivity contribution in [3.05, 3.63) is 38.1 Å². The Hall–Kier alpha value is -1.67. The van der Waals surface area contributed by atoms with E-state index in [-0.39, 0.29) is 6.54 Å². The fourth-order valence-corrected chi connectivity index (χ4v) is 1.97. The number of amides is 1. The number of nitro groups is 1. The summed E-state index contributed by atoms with van der Waals surface area (Å²) >= 11 is 6.84. The third-order valence-electron chi connectivity index (χ3n) is 1.93. The monoisotopic (exact) mass is 276 g/mol. The number of thiazole rings is 1. The zero-order valence-electron chi connectivity index (χ0n) is 8.87. The molecule has 0 N–H and O–H groups in total. The first-order valence-corrected chi connectivity index (χ1v) is 5.54. The van der Waals surface area contributed by atoms with Crippen LogP contribution in [0.3, 0.4) is 0 Å². The van der Waals surface area contributed by atoms with Gasteiger partial charge in [0, 0.05) is 11.1 Å². The van der Waals surface area contributed by atoms with Crippen LogP contribution >= 0.6 is 22.9 Å². The summed E-state index contributed by atoms with van der Waals surface area (Å²) in [6.07, 6.45) is 1.98. The van der Waals surface area contributed by atoms with Gasteiger partial charge in [-0.1, -0.05) is 11.6 Å². The number of hydrogen-bond acceptors (Lipinski definition) is 6. The molecule has 17 heavy (non-hydrogen) atoms. The van der Waals surface area contributed by atoms with Gasteiger partial charge in [-0.3, -0.25) is 4.79 Å². The minimum atomic E-state index is -0.670. The number of aromatic nitrogens is 1. The smallest absolute Gasteiger partial charge is 0.334 e. The second-order valence-corrected chi connectivity index (χ2v) is 4.68. The molecule has 0 spiro atoms. The van der Waals surface area contributed by atoms with E-state index in [9.17, 15) is 14.9 Å². The molecule has 0 aliphatic carbocycles. The molecule has 1 aromatic heterocycles. The summed E-state index contributed by atoms with van der Waals surface area (Å²) in [5.74, 6) is -0.396. The SMILES string of the molecule is C=C(N(C)N(C=O)Cc1cnc(Cl)s1)[N+](=O)[O-]. The van der Waals surface area contributed by atoms with Gasteiger partial charge >= 0.3 is 5.82 Å². The van der Waals surface area contributed by atoms with Crippen LogP contribution in [0.1, 0.15) is 4.88 Å². The van der Waals surface area contributed by atoms with Crippen molar-refractivity contribution in [2.24, 2.45) is 0 Å². The van der Waals surface area contributed by atoms with E-state index in [1.165, 1.54) is 24.6 Å². The second kappa shape index (κ2) is 5.60. The van der Waals surface area contributed by atoms with Crippen LogP contribution in [0.2, 0.25) is 4.47 Å². The number of halogens is 1. The van der Waals surface area contributed by atoms with Gasteiger partial charge < -0.3 is 10.1 Å². The fraction of sp³-hybridized carbons (Fsp3) is 0.250. The number of carbonyl (C=O) groups is 1. The predicted octanol–water partition coefficient (Wildman–Crippen LogP) is 1.35. The summed E-state index contributed by atoms with van der Waals surface area (Å²) in [5.41, 5.74) is 0. The average molecular weight is 277 g/mol. The summed E-state index contributed by atoms with van der Waals surface area (Å²) in [4.78, 5) is 25.2. The van der Waals surface area contributed by atoms with Crippen LogP contribution < -0.4 is 0 Å². The van der Waals surface area contributed by atoms with Gasteiger partial charge in [0.25, 0.3) is 0 Å². The highest BCUT2D eigenvalue weighted by Crippen LogP contribution is 2.19. The van der Waals surface area contributed by atoms with Crippen LogP contribution in [0.25, 0.3) is 0 Å². The highest BCUT2D eigenvalue weighted by molar-refractivity contribution is 7.15. The Balaban J connectivity index is 2.75. The normalized spacial score (nSPS) is 9.76. The Morgan fingerprint density at radius 1 is 1.82 bits per heavy atom. The molecule has 0 saturated carbocycles. The molecule has 0 radical (unpaired) electrons. The van der Waals surface area contributed by atoms with E-state index in [0.717, 1.165) is 10.0 Å². The highest BCUT2D eigenvalue weighted by atomic mass is 35.5. The molecule has 1 amide bonds. The standard InChI is InChI=1S/C8H9ClN4O3S/c1-6(13(15)16)11(2)12(5-14)4-7-3-10-8(9)17-7/h3,5H,1,4H2,2H3. The largest absolute Gasteiger partial charge is 0.358 e. The minimum Gasteiger partial charge on any atom is -0.358 e. The summed E-state index contributed by atoms with van der Waals surface area (Å²) in [7, 11) is 1.38. The van der Waals surface area contributed by atoms with Crippen LogP contribution in [-0.4, -0.2) is 33.4 Å². The van der Waals surface area contributed by atoms with E-state index in [4.69, 9.17) is 11.6 Å². The summed E-state index contributed by atoms with van der Waals surface area (Å²) in [5, 5.41) is 12.7. The quantitative estimate of drug-likeness (QED) is 0.445. The fourth-order valence-electron chi connectivity index (χ4n) is 0.997. The molecule has 1 aromatic rings. The van der Waals surface area contributed by atoms with Gasteiger partial charge in [-0.25, -0.2) is 4.98 Å². The molecule has 1 rings (SSSR count). The molecule has 0 aliphatic rings. The van der Waals surface area contributed by atoms with E-state index in [1.54, 1.807) is 0 Å². The Labute approximate surface area is 106 Å². The molecule has 9 heteroatoms. The average Bonchev–Trinajstić information content (AvgIpc) is 2.69. The van der Waals surface area contributed by atoms with E-state index in [2.05, 4.69) is 11.6 Å². The lowest BCUT2D eigenvalue weighted by Crippen LogP contribution is -2.39. The molecule has 7 nitrogen and oxygen atoms in total. The second-order valence-electron chi connectivity index (χ2n) is 2.98. The van der Waals surface area contributed by atoms with E-state index in [1.807, 2.05) is 0 Å². The van der Waals surface area contributed by atoms with Gasteiger partial charge in [0.05, 0.1) is 6.54 Å². The predicted molar refractivity (Wildman–Crippen MR) is 62.6 cm³/mol. The zero-order valence-corrected chi connectivity index (χ0v) is 10.4. The zero-order chi connectivity index (χ0) is 13.0. The summed E-state index contributed by atoms with van der Waals surface area (Å²) in [6.45, 7) is 3.41. The topological polar surface area (TPSA) is 79.6 Å². The van der Waals surface area contributed by atoms with Crippen molar-refractivity contribution in [3.8, 4) is 0 Å². The molecule has 1 heterocycles. The number of rotatable bonds is 6. The summed E-state index contributed by atoms with van der Waals surface area (Å²) in [6, 6.07) is 0. The van der Waals surface area contributed by atoms with Gasteiger partial charge in [-0.15, -0.1) is 11.3 Å². The first-order chi connectivity index (χ1) is 7.95. The minimum absolute atomic E-state index is 0.150. The van der Waals surface area contributed by atoms with Gasteiger partial charge in [0.15, 0.2) is 4.47 Å². The van der Waals surface area contributed by atoms with Gasteiger partial charge in [-0.2, -0.15) is 10.0 Å². The van der Waals surface area contributed by atoms with Gasteiger partial charge in [-0.05, 0) is 11.5 Å². The molecule has 0 unspecified atom stereocenters. The summed E-state index contributed by atoms with van der Waals surface area (Å²) < 4.78 is 0.349. The molecular formula is C8H9ClN4O3S. The molecule has 0 aliphatic heterocycles. The lowest BCUT2D eigenvalue weighted by molar-refractivity contribution is -0.452. The molecule has 0 aromatic carbocycles. The third kappa shape index (κ3) is 3.40. The van der Waals surface area contributed by atoms with Crippen LogP contribution in [-0.2, 0) is 11.3 Å². The molecular weight excluding hydrogens is 268 g/mol. The molecule has 0 bridgehead atoms. The molecule has 0 saturated heterocycles. The Morgan fingerprint density at radius 3 is 2.88 bits per heavy atom. The highest BCUT2D eigenvalue weighted by Gasteiger charge is 2.21. The maximum atomic E-state index is 10.9. The van der Waals surface area contributed by atoms with Crippen molar-refractivity contribution in [2.45, 2.75) is 6.54 Å². The van der Waals surface area contributed by atoms with Gasteiger partial charge in [0.2, 0.25) is 6.41 Å². The first-order valence-electron chi connectivity index (χ1n) is 4.34. The number of hydrazine groups is 1. The molecule has 0 fully saturated rings. The number of carbonyl (C=O) groups excluding carboxylic acids is 1. The maximum Gasteiger partial charge on any atom is 0.334 e.